The fourth-order valence-corrected chi connectivity index (χ4v) is 2.28. The van der Waals surface area contributed by atoms with Crippen molar-refractivity contribution in [2.24, 2.45) is 0 Å². The molecule has 0 saturated heterocycles. The smallest absolute Gasteiger partial charge is 0.138 e. The van der Waals surface area contributed by atoms with Gasteiger partial charge < -0.3 is 10.5 Å². The van der Waals surface area contributed by atoms with Gasteiger partial charge in [0.25, 0.3) is 0 Å². The van der Waals surface area contributed by atoms with Crippen molar-refractivity contribution in [3.8, 4) is 5.75 Å². The van der Waals surface area contributed by atoms with Gasteiger partial charge in [0.2, 0.25) is 0 Å². The first-order chi connectivity index (χ1) is 10.3. The SMILES string of the molecule is Nc1cccc(OC(=C2C=CC=CC2)c2ccccc2)c1. The van der Waals surface area contributed by atoms with Crippen LogP contribution in [0.15, 0.2) is 84.5 Å². The predicted molar refractivity (Wildman–Crippen MR) is 87.7 cm³/mol. The Hall–Kier alpha value is -2.74. The minimum absolute atomic E-state index is 0.698. The molecule has 0 aliphatic heterocycles. The van der Waals surface area contributed by atoms with Crippen LogP contribution in [-0.4, -0.2) is 0 Å². The molecule has 104 valence electrons. The van der Waals surface area contributed by atoms with E-state index < -0.39 is 0 Å². The van der Waals surface area contributed by atoms with Gasteiger partial charge in [0.05, 0.1) is 0 Å². The highest BCUT2D eigenvalue weighted by Crippen LogP contribution is 2.28. The average molecular weight is 275 g/mol. The Morgan fingerprint density at radius 2 is 1.81 bits per heavy atom. The summed E-state index contributed by atoms with van der Waals surface area (Å²) in [5, 5.41) is 0. The second-order valence-corrected chi connectivity index (χ2v) is 4.89. The number of ether oxygens (including phenoxy) is 1. The van der Waals surface area contributed by atoms with E-state index in [1.54, 1.807) is 0 Å². The molecule has 21 heavy (non-hydrogen) atoms. The van der Waals surface area contributed by atoms with Crippen LogP contribution in [0.2, 0.25) is 0 Å². The van der Waals surface area contributed by atoms with Gasteiger partial charge in [-0.25, -0.2) is 0 Å². The molecule has 2 nitrogen and oxygen atoms in total. The van der Waals surface area contributed by atoms with Gasteiger partial charge in [-0.05, 0) is 24.1 Å². The topological polar surface area (TPSA) is 35.2 Å². The summed E-state index contributed by atoms with van der Waals surface area (Å²) in [7, 11) is 0. The third-order valence-corrected chi connectivity index (χ3v) is 3.29. The quantitative estimate of drug-likeness (QED) is 0.657. The van der Waals surface area contributed by atoms with Crippen LogP contribution in [0.25, 0.3) is 5.76 Å². The highest BCUT2D eigenvalue weighted by atomic mass is 16.5. The Bertz CT molecular complexity index is 711. The second-order valence-electron chi connectivity index (χ2n) is 4.89. The molecule has 0 fully saturated rings. The van der Waals surface area contributed by atoms with Crippen molar-refractivity contribution in [2.75, 3.05) is 5.73 Å². The number of rotatable bonds is 3. The van der Waals surface area contributed by atoms with Crippen molar-refractivity contribution >= 4 is 11.4 Å². The molecule has 2 aromatic carbocycles. The average Bonchev–Trinajstić information content (AvgIpc) is 2.54. The van der Waals surface area contributed by atoms with Crippen LogP contribution in [0.1, 0.15) is 12.0 Å². The van der Waals surface area contributed by atoms with E-state index in [0.29, 0.717) is 5.69 Å². The maximum absolute atomic E-state index is 6.14. The van der Waals surface area contributed by atoms with Crippen LogP contribution >= 0.6 is 0 Å². The van der Waals surface area contributed by atoms with Crippen LogP contribution in [0.3, 0.4) is 0 Å². The molecule has 0 unspecified atom stereocenters. The lowest BCUT2D eigenvalue weighted by atomic mass is 10.0. The van der Waals surface area contributed by atoms with E-state index >= 15 is 0 Å². The van der Waals surface area contributed by atoms with Gasteiger partial charge in [0.1, 0.15) is 11.5 Å². The van der Waals surface area contributed by atoms with Gasteiger partial charge in [-0.2, -0.15) is 0 Å². The summed E-state index contributed by atoms with van der Waals surface area (Å²) in [5.41, 5.74) is 8.75. The van der Waals surface area contributed by atoms with E-state index in [1.807, 2.05) is 54.6 Å². The summed E-state index contributed by atoms with van der Waals surface area (Å²) >= 11 is 0. The zero-order chi connectivity index (χ0) is 14.5. The molecule has 1 aliphatic rings. The van der Waals surface area contributed by atoms with E-state index in [2.05, 4.69) is 24.3 Å². The summed E-state index contributed by atoms with van der Waals surface area (Å²) in [5.74, 6) is 1.63. The lowest BCUT2D eigenvalue weighted by Crippen LogP contribution is -2.00. The number of nitrogens with two attached hydrogens (primary N) is 1. The molecule has 0 heterocycles. The standard InChI is InChI=1S/C19H17NO/c20-17-12-7-13-18(14-17)21-19(15-8-3-1-4-9-15)16-10-5-2-6-11-16/h1-10,12-14H,11,20H2. The van der Waals surface area contributed by atoms with E-state index in [0.717, 1.165) is 29.1 Å². The summed E-state index contributed by atoms with van der Waals surface area (Å²) in [6, 6.07) is 17.7. The van der Waals surface area contributed by atoms with Crippen LogP contribution in [0.5, 0.6) is 5.75 Å². The van der Waals surface area contributed by atoms with Gasteiger partial charge in [0, 0.05) is 17.3 Å². The van der Waals surface area contributed by atoms with Crippen LogP contribution in [0.4, 0.5) is 5.69 Å². The third kappa shape index (κ3) is 3.23. The normalized spacial score (nSPS) is 15.8. The first-order valence-electron chi connectivity index (χ1n) is 6.98. The molecule has 2 heteroatoms. The summed E-state index contributed by atoms with van der Waals surface area (Å²) < 4.78 is 6.14. The zero-order valence-corrected chi connectivity index (χ0v) is 11.7. The molecular formula is C19H17NO. The molecule has 0 spiro atoms. The third-order valence-electron chi connectivity index (χ3n) is 3.29. The van der Waals surface area contributed by atoms with Crippen molar-refractivity contribution in [3.05, 3.63) is 90.0 Å². The van der Waals surface area contributed by atoms with Gasteiger partial charge in [-0.1, -0.05) is 60.7 Å². The predicted octanol–water partition coefficient (Wildman–Crippen LogP) is 4.58. The first-order valence-corrected chi connectivity index (χ1v) is 6.98. The molecule has 0 bridgehead atoms. The molecule has 0 aromatic heterocycles. The fourth-order valence-electron chi connectivity index (χ4n) is 2.28. The lowest BCUT2D eigenvalue weighted by molar-refractivity contribution is 0.511. The van der Waals surface area contributed by atoms with Gasteiger partial charge >= 0.3 is 0 Å². The second kappa shape index (κ2) is 6.14. The molecule has 2 aromatic rings. The Morgan fingerprint density at radius 1 is 0.952 bits per heavy atom. The monoisotopic (exact) mass is 275 g/mol. The van der Waals surface area contributed by atoms with E-state index in [1.165, 1.54) is 0 Å². The fraction of sp³-hybridized carbons (Fsp3) is 0.0526. The van der Waals surface area contributed by atoms with E-state index in [9.17, 15) is 0 Å². The van der Waals surface area contributed by atoms with Gasteiger partial charge in [-0.3, -0.25) is 0 Å². The minimum Gasteiger partial charge on any atom is -0.456 e. The number of hydrogen-bond donors (Lipinski definition) is 1. The molecule has 0 radical (unpaired) electrons. The summed E-state index contributed by atoms with van der Waals surface area (Å²) in [6.45, 7) is 0. The molecule has 0 amide bonds. The molecule has 2 N–H and O–H groups in total. The van der Waals surface area contributed by atoms with Crippen LogP contribution in [0, 0.1) is 0 Å². The number of anilines is 1. The minimum atomic E-state index is 0.698. The maximum Gasteiger partial charge on any atom is 0.138 e. The summed E-state index contributed by atoms with van der Waals surface area (Å²) in [4.78, 5) is 0. The molecular weight excluding hydrogens is 258 g/mol. The Morgan fingerprint density at radius 3 is 2.52 bits per heavy atom. The number of benzene rings is 2. The number of hydrogen-bond acceptors (Lipinski definition) is 2. The van der Waals surface area contributed by atoms with Crippen molar-refractivity contribution in [1.82, 2.24) is 0 Å². The van der Waals surface area contributed by atoms with Crippen molar-refractivity contribution in [1.29, 1.82) is 0 Å². The van der Waals surface area contributed by atoms with E-state index in [4.69, 9.17) is 10.5 Å². The Balaban J connectivity index is 2.01. The van der Waals surface area contributed by atoms with Gasteiger partial charge in [-0.15, -0.1) is 0 Å². The molecule has 0 atom stereocenters. The molecule has 1 aliphatic carbocycles. The molecule has 0 saturated carbocycles. The Kier molecular flexibility index (Phi) is 3.88. The first kappa shape index (κ1) is 13.3. The van der Waals surface area contributed by atoms with Crippen molar-refractivity contribution in [2.45, 2.75) is 6.42 Å². The zero-order valence-electron chi connectivity index (χ0n) is 11.7. The highest BCUT2D eigenvalue weighted by molar-refractivity contribution is 5.68. The highest BCUT2D eigenvalue weighted by Gasteiger charge is 2.11. The van der Waals surface area contributed by atoms with Crippen LogP contribution in [-0.2, 0) is 0 Å². The maximum atomic E-state index is 6.14. The lowest BCUT2D eigenvalue weighted by Gasteiger charge is -2.15. The number of nitrogen functional groups attached to an aromatic ring is 1. The van der Waals surface area contributed by atoms with Gasteiger partial charge in [0.15, 0.2) is 0 Å². The van der Waals surface area contributed by atoms with Crippen molar-refractivity contribution in [3.63, 3.8) is 0 Å². The number of allylic oxidation sites excluding steroid dienone is 5. The molecule has 3 rings (SSSR count). The Labute approximate surface area is 124 Å². The van der Waals surface area contributed by atoms with Crippen molar-refractivity contribution < 1.29 is 4.74 Å². The largest absolute Gasteiger partial charge is 0.456 e. The van der Waals surface area contributed by atoms with Crippen LogP contribution < -0.4 is 10.5 Å². The van der Waals surface area contributed by atoms with E-state index in [-0.39, 0.29) is 0 Å². The summed E-state index contributed by atoms with van der Waals surface area (Å²) in [6.07, 6.45) is 9.16.